The zero-order valence-corrected chi connectivity index (χ0v) is 15.4. The number of fused-ring (bicyclic) bond motifs is 1. The van der Waals surface area contributed by atoms with Gasteiger partial charge in [-0.1, -0.05) is 0 Å². The molecular formula is C21H17F3O2S. The van der Waals surface area contributed by atoms with Crippen LogP contribution in [0, 0.1) is 17.5 Å². The van der Waals surface area contributed by atoms with E-state index in [4.69, 9.17) is 4.74 Å². The van der Waals surface area contributed by atoms with E-state index in [1.807, 2.05) is 0 Å². The first kappa shape index (κ1) is 17.9. The van der Waals surface area contributed by atoms with Crippen LogP contribution in [0.3, 0.4) is 0 Å². The topological polar surface area (TPSA) is 29.5 Å². The number of thiophene rings is 1. The van der Waals surface area contributed by atoms with E-state index in [-0.39, 0.29) is 29.2 Å². The lowest BCUT2D eigenvalue weighted by molar-refractivity contribution is 0.321. The molecule has 27 heavy (non-hydrogen) atoms. The molecule has 0 aliphatic heterocycles. The van der Waals surface area contributed by atoms with Gasteiger partial charge in [-0.05, 0) is 62.1 Å². The van der Waals surface area contributed by atoms with E-state index in [2.05, 4.69) is 0 Å². The molecule has 1 heterocycles. The van der Waals surface area contributed by atoms with Crippen LogP contribution in [0.1, 0.15) is 31.1 Å². The largest absolute Gasteiger partial charge is 0.506 e. The highest BCUT2D eigenvalue weighted by Gasteiger charge is 2.27. The third kappa shape index (κ3) is 2.98. The molecular weight excluding hydrogens is 373 g/mol. The summed E-state index contributed by atoms with van der Waals surface area (Å²) in [4.78, 5) is 0.358. The van der Waals surface area contributed by atoms with Crippen molar-refractivity contribution in [2.24, 2.45) is 0 Å². The molecule has 2 nitrogen and oxygen atoms in total. The second kappa shape index (κ2) is 6.93. The second-order valence-electron chi connectivity index (χ2n) is 6.42. The van der Waals surface area contributed by atoms with Gasteiger partial charge in [0, 0.05) is 15.6 Å². The Labute approximate surface area is 158 Å². The first-order valence-corrected chi connectivity index (χ1v) is 9.57. The fraction of sp³-hybridized carbons (Fsp3) is 0.238. The Morgan fingerprint density at radius 3 is 2.56 bits per heavy atom. The lowest BCUT2D eigenvalue weighted by Gasteiger charge is -2.19. The summed E-state index contributed by atoms with van der Waals surface area (Å²) in [6.45, 7) is 1.95. The molecule has 0 radical (unpaired) electrons. The van der Waals surface area contributed by atoms with Crippen molar-refractivity contribution < 1.29 is 23.0 Å². The average molecular weight is 390 g/mol. The zero-order valence-electron chi connectivity index (χ0n) is 14.6. The molecule has 1 fully saturated rings. The van der Waals surface area contributed by atoms with Crippen molar-refractivity contribution in [3.63, 3.8) is 0 Å². The zero-order chi connectivity index (χ0) is 19.1. The van der Waals surface area contributed by atoms with Crippen molar-refractivity contribution in [2.45, 2.75) is 26.2 Å². The molecule has 1 aliphatic rings. The van der Waals surface area contributed by atoms with Crippen molar-refractivity contribution in [1.29, 1.82) is 0 Å². The maximum Gasteiger partial charge on any atom is 0.175 e. The first-order valence-electron chi connectivity index (χ1n) is 8.75. The van der Waals surface area contributed by atoms with Crippen molar-refractivity contribution in [1.82, 2.24) is 0 Å². The Kier molecular flexibility index (Phi) is 4.60. The van der Waals surface area contributed by atoms with Gasteiger partial charge in [-0.25, -0.2) is 13.2 Å². The molecule has 1 N–H and O–H groups in total. The third-order valence-corrected chi connectivity index (χ3v) is 5.92. The van der Waals surface area contributed by atoms with Gasteiger partial charge in [0.25, 0.3) is 0 Å². The summed E-state index contributed by atoms with van der Waals surface area (Å²) in [6, 6.07) is 6.44. The summed E-state index contributed by atoms with van der Waals surface area (Å²) in [5.74, 6) is -2.04. The maximum absolute atomic E-state index is 15.1. The molecule has 3 aromatic rings. The number of hydrogen-bond donors (Lipinski definition) is 1. The molecule has 1 saturated carbocycles. The lowest BCUT2D eigenvalue weighted by atomic mass is 9.89. The van der Waals surface area contributed by atoms with Crippen LogP contribution in [0.4, 0.5) is 13.2 Å². The van der Waals surface area contributed by atoms with E-state index in [0.29, 0.717) is 15.0 Å². The molecule has 2 aromatic carbocycles. The summed E-state index contributed by atoms with van der Waals surface area (Å²) in [5, 5.41) is 11.2. The van der Waals surface area contributed by atoms with E-state index in [9.17, 15) is 13.9 Å². The van der Waals surface area contributed by atoms with Gasteiger partial charge >= 0.3 is 0 Å². The van der Waals surface area contributed by atoms with E-state index in [1.165, 1.54) is 24.3 Å². The molecule has 4 rings (SSSR count). The number of allylic oxidation sites excluding steroid dienone is 1. The number of ether oxygens (including phenoxy) is 1. The van der Waals surface area contributed by atoms with Crippen molar-refractivity contribution >= 4 is 27.2 Å². The third-order valence-electron chi connectivity index (χ3n) is 4.76. The number of hydrogen-bond acceptors (Lipinski definition) is 3. The van der Waals surface area contributed by atoms with Crippen LogP contribution >= 0.6 is 11.3 Å². The first-order chi connectivity index (χ1) is 13.0. The Morgan fingerprint density at radius 1 is 1.11 bits per heavy atom. The van der Waals surface area contributed by atoms with Crippen molar-refractivity contribution in [3.05, 3.63) is 58.2 Å². The van der Waals surface area contributed by atoms with Gasteiger partial charge in [0.05, 0.1) is 17.0 Å². The molecule has 0 bridgehead atoms. The van der Waals surface area contributed by atoms with Gasteiger partial charge in [-0.2, -0.15) is 0 Å². The molecule has 140 valence electrons. The Hall–Kier alpha value is -2.47. The minimum atomic E-state index is -0.825. The van der Waals surface area contributed by atoms with E-state index in [1.54, 1.807) is 6.92 Å². The summed E-state index contributed by atoms with van der Waals surface area (Å²) in [7, 11) is 0. The summed E-state index contributed by atoms with van der Waals surface area (Å²) < 4.78 is 49.3. The number of benzene rings is 2. The average Bonchev–Trinajstić information content (AvgIpc) is 2.94. The van der Waals surface area contributed by atoms with Crippen LogP contribution in [0.25, 0.3) is 27.0 Å². The van der Waals surface area contributed by atoms with Gasteiger partial charge in [-0.15, -0.1) is 11.3 Å². The van der Waals surface area contributed by atoms with Gasteiger partial charge in [0.15, 0.2) is 11.6 Å². The standard InChI is InChI=1S/C21H17F3O2S/c1-2-26-15-9-8-14(23)18(19(15)24)17-13-7-6-12(22)10-16(13)27-21(17)20(25)11-4-3-5-11/h6-10,25H,2-5H2,1H3. The van der Waals surface area contributed by atoms with Crippen molar-refractivity contribution in [3.8, 4) is 16.9 Å². The highest BCUT2D eigenvalue weighted by Crippen LogP contribution is 2.47. The fourth-order valence-corrected chi connectivity index (χ4v) is 4.49. The lowest BCUT2D eigenvalue weighted by Crippen LogP contribution is -2.02. The highest BCUT2D eigenvalue weighted by atomic mass is 32.1. The van der Waals surface area contributed by atoms with Gasteiger partial charge in [0.2, 0.25) is 0 Å². The van der Waals surface area contributed by atoms with Gasteiger partial charge < -0.3 is 9.84 Å². The molecule has 0 spiro atoms. The molecule has 0 atom stereocenters. The van der Waals surface area contributed by atoms with Crippen LogP contribution in [-0.2, 0) is 0 Å². The quantitative estimate of drug-likeness (QED) is 0.494. The number of halogens is 3. The summed E-state index contributed by atoms with van der Waals surface area (Å²) in [5.41, 5.74) is 0.828. The van der Waals surface area contributed by atoms with Gasteiger partial charge in [-0.3, -0.25) is 0 Å². The smallest absolute Gasteiger partial charge is 0.175 e. The second-order valence-corrected chi connectivity index (χ2v) is 7.47. The summed E-state index contributed by atoms with van der Waals surface area (Å²) >= 11 is 1.13. The van der Waals surface area contributed by atoms with Crippen LogP contribution in [0.2, 0.25) is 0 Å². The number of aliphatic hydroxyl groups excluding tert-OH is 1. The van der Waals surface area contributed by atoms with Gasteiger partial charge in [0.1, 0.15) is 17.4 Å². The molecule has 6 heteroatoms. The molecule has 0 unspecified atom stereocenters. The molecule has 0 amide bonds. The van der Waals surface area contributed by atoms with Crippen molar-refractivity contribution in [2.75, 3.05) is 6.61 Å². The fourth-order valence-electron chi connectivity index (χ4n) is 3.27. The maximum atomic E-state index is 15.1. The molecule has 1 aliphatic carbocycles. The molecule has 1 aromatic heterocycles. The SMILES string of the molecule is CCOc1ccc(F)c(-c2c(C(O)=C3CCC3)sc3cc(F)ccc23)c1F. The van der Waals surface area contributed by atoms with Crippen LogP contribution in [-0.4, -0.2) is 11.7 Å². The molecule has 0 saturated heterocycles. The monoisotopic (exact) mass is 390 g/mol. The van der Waals surface area contributed by atoms with Crippen LogP contribution < -0.4 is 4.74 Å². The van der Waals surface area contributed by atoms with Crippen LogP contribution in [0.5, 0.6) is 5.75 Å². The summed E-state index contributed by atoms with van der Waals surface area (Å²) in [6.07, 6.45) is 2.46. The predicted octanol–water partition coefficient (Wildman–Crippen LogP) is 6.84. The van der Waals surface area contributed by atoms with E-state index < -0.39 is 17.5 Å². The highest BCUT2D eigenvalue weighted by molar-refractivity contribution is 7.20. The number of rotatable bonds is 4. The Balaban J connectivity index is 2.05. The Morgan fingerprint density at radius 2 is 1.89 bits per heavy atom. The van der Waals surface area contributed by atoms with E-state index in [0.717, 1.165) is 42.2 Å². The number of aliphatic hydroxyl groups is 1. The van der Waals surface area contributed by atoms with E-state index >= 15 is 4.39 Å². The normalized spacial score (nSPS) is 13.7. The Bertz CT molecular complexity index is 1060. The minimum absolute atomic E-state index is 0.0403. The minimum Gasteiger partial charge on any atom is -0.506 e. The van der Waals surface area contributed by atoms with Crippen LogP contribution in [0.15, 0.2) is 35.9 Å². The predicted molar refractivity (Wildman–Crippen MR) is 102 cm³/mol.